The summed E-state index contributed by atoms with van der Waals surface area (Å²) in [5, 5.41) is 0. The topological polar surface area (TPSA) is 0 Å². The third kappa shape index (κ3) is 18.3. The van der Waals surface area contributed by atoms with Gasteiger partial charge in [-0.15, -0.1) is 0 Å². The van der Waals surface area contributed by atoms with Gasteiger partial charge in [-0.1, -0.05) is 52.4 Å². The Hall–Kier alpha value is 0.997. The molecular weight excluding hydrogens is 806 g/mol. The van der Waals surface area contributed by atoms with E-state index in [1.165, 1.54) is 167 Å². The van der Waals surface area contributed by atoms with Crippen LogP contribution in [0.3, 0.4) is 0 Å². The zero-order valence-corrected chi connectivity index (χ0v) is 39.7. The third-order valence-corrected chi connectivity index (χ3v) is 31.6. The van der Waals surface area contributed by atoms with E-state index in [-0.39, 0.29) is 0 Å². The van der Waals surface area contributed by atoms with Gasteiger partial charge in [0.1, 0.15) is 0 Å². The summed E-state index contributed by atoms with van der Waals surface area (Å²) in [4.78, 5) is 19.1. The van der Waals surface area contributed by atoms with Gasteiger partial charge in [0.25, 0.3) is 0 Å². The second-order valence-corrected chi connectivity index (χ2v) is 49.4. The summed E-state index contributed by atoms with van der Waals surface area (Å²) in [6, 6.07) is 5.34. The van der Waals surface area contributed by atoms with Crippen LogP contribution in [0.25, 0.3) is 9.75 Å². The molecule has 0 aliphatic heterocycles. The zero-order valence-electron chi connectivity index (χ0n) is 32.4. The minimum absolute atomic E-state index is 1.32. The monoisotopic (exact) mass is 886 g/mol. The average molecular weight is 885 g/mol. The fourth-order valence-electron chi connectivity index (χ4n) is 7.05. The summed E-state index contributed by atoms with van der Waals surface area (Å²) in [5.41, 5.74) is 3.49. The molecular formula is C42H78S2Sn2. The first-order chi connectivity index (χ1) is 22.1. The van der Waals surface area contributed by atoms with E-state index in [2.05, 4.69) is 78.3 Å². The molecule has 0 amide bonds. The maximum atomic E-state index is 2.67. The molecule has 0 radical (unpaired) electrons. The van der Waals surface area contributed by atoms with Gasteiger partial charge in [-0.05, 0) is 0 Å². The minimum atomic E-state index is -2.16. The molecule has 0 fully saturated rings. The van der Waals surface area contributed by atoms with E-state index < -0.39 is 36.8 Å². The van der Waals surface area contributed by atoms with Crippen LogP contribution in [-0.4, -0.2) is 36.8 Å². The van der Waals surface area contributed by atoms with Gasteiger partial charge in [-0.25, -0.2) is 0 Å². The van der Waals surface area contributed by atoms with Gasteiger partial charge in [0.05, 0.1) is 0 Å². The zero-order chi connectivity index (χ0) is 33.7. The molecule has 0 bridgehead atoms. The van der Waals surface area contributed by atoms with Crippen LogP contribution in [0.15, 0.2) is 12.1 Å². The summed E-state index contributed by atoms with van der Waals surface area (Å²) >= 11 is 0.0985. The molecule has 2 rings (SSSR count). The molecule has 0 nitrogen and oxygen atoms in total. The first-order valence-corrected chi connectivity index (χ1v) is 42.0. The maximum absolute atomic E-state index is 2.67. The summed E-state index contributed by atoms with van der Waals surface area (Å²) in [6.45, 7) is 4.63. The van der Waals surface area contributed by atoms with Gasteiger partial charge in [-0.3, -0.25) is 0 Å². The van der Waals surface area contributed by atoms with Crippen molar-refractivity contribution >= 4 is 65.2 Å². The van der Waals surface area contributed by atoms with Crippen molar-refractivity contribution in [2.24, 2.45) is 0 Å². The molecule has 266 valence electrons. The molecule has 0 aliphatic carbocycles. The summed E-state index contributed by atoms with van der Waals surface area (Å²) in [7, 11) is 0. The standard InChI is InChI=1S/C36H60S2.6CH3.2Sn/c1-3-5-7-9-11-13-15-17-19-21-23-25-27-33-29-35(37-31-33)36-30-34(32-38-36)28-26-24-22-20-18-16-14-12-10-8-6-4-2;;;;;;;;/h29-30H,3-28H2,1-2H3;6*1H3;;. The van der Waals surface area contributed by atoms with Gasteiger partial charge in [0, 0.05) is 0 Å². The molecule has 2 heterocycles. The quantitative estimate of drug-likeness (QED) is 0.0564. The van der Waals surface area contributed by atoms with E-state index in [0.717, 1.165) is 0 Å². The Morgan fingerprint density at radius 1 is 0.370 bits per heavy atom. The molecule has 0 aliphatic rings. The Morgan fingerprint density at radius 2 is 0.609 bits per heavy atom. The Kier molecular flexibility index (Phi) is 23.5. The van der Waals surface area contributed by atoms with Crippen LogP contribution in [0.2, 0.25) is 29.6 Å². The third-order valence-electron chi connectivity index (χ3n) is 9.82. The van der Waals surface area contributed by atoms with Crippen molar-refractivity contribution in [3.63, 3.8) is 0 Å². The van der Waals surface area contributed by atoms with Crippen LogP contribution in [0, 0.1) is 0 Å². The van der Waals surface area contributed by atoms with Crippen LogP contribution in [-0.2, 0) is 12.8 Å². The van der Waals surface area contributed by atoms with E-state index >= 15 is 0 Å². The molecule has 0 unspecified atom stereocenters. The Bertz CT molecular complexity index is 937. The summed E-state index contributed by atoms with van der Waals surface area (Å²) in [5.74, 6) is 0. The predicted octanol–water partition coefficient (Wildman–Crippen LogP) is 15.1. The van der Waals surface area contributed by atoms with E-state index in [4.69, 9.17) is 0 Å². The van der Waals surface area contributed by atoms with Crippen LogP contribution < -0.4 is 5.79 Å². The van der Waals surface area contributed by atoms with Crippen LogP contribution in [0.4, 0.5) is 0 Å². The predicted molar refractivity (Wildman–Crippen MR) is 223 cm³/mol. The fourth-order valence-corrected chi connectivity index (χ4v) is 23.4. The van der Waals surface area contributed by atoms with E-state index in [1.54, 1.807) is 20.9 Å². The van der Waals surface area contributed by atoms with Crippen molar-refractivity contribution in [3.8, 4) is 9.75 Å². The molecule has 0 atom stereocenters. The Labute approximate surface area is 305 Å². The molecule has 2 aromatic rings. The molecule has 0 saturated heterocycles. The number of hydrogen-bond acceptors (Lipinski definition) is 2. The van der Waals surface area contributed by atoms with Crippen molar-refractivity contribution in [1.82, 2.24) is 0 Å². The number of hydrogen-bond donors (Lipinski definition) is 0. The van der Waals surface area contributed by atoms with Crippen molar-refractivity contribution in [3.05, 3.63) is 23.3 Å². The van der Waals surface area contributed by atoms with E-state index in [1.807, 2.05) is 5.79 Å². The first kappa shape index (κ1) is 43.2. The van der Waals surface area contributed by atoms with Gasteiger partial charge >= 0.3 is 256 Å². The molecule has 0 spiro atoms. The van der Waals surface area contributed by atoms with Gasteiger partial charge < -0.3 is 0 Å². The van der Waals surface area contributed by atoms with Crippen LogP contribution in [0.5, 0.6) is 0 Å². The SMILES string of the molecule is CCCCCCCCCCCCCCc1cc(-c2cc(CCCCCCCCCCCCCC)[c]([Sn]([CH3])([CH3])[CH3])s2)s[c]1[Sn]([CH3])([CH3])[CH3]. The summed E-state index contributed by atoms with van der Waals surface area (Å²) in [6.07, 6.45) is 37.2. The molecule has 4 heteroatoms. The van der Waals surface area contributed by atoms with E-state index in [0.29, 0.717) is 0 Å². The number of rotatable bonds is 29. The van der Waals surface area contributed by atoms with Gasteiger partial charge in [0.15, 0.2) is 0 Å². The number of thiophene rings is 2. The number of aryl methyl sites for hydroxylation is 2. The molecule has 46 heavy (non-hydrogen) atoms. The number of unbranched alkanes of at least 4 members (excludes halogenated alkanes) is 22. The van der Waals surface area contributed by atoms with Crippen LogP contribution >= 0.6 is 22.7 Å². The normalized spacial score (nSPS) is 12.4. The Balaban J connectivity index is 1.84. The molecule has 0 saturated carbocycles. The first-order valence-electron chi connectivity index (χ1n) is 20.3. The van der Waals surface area contributed by atoms with Gasteiger partial charge in [0.2, 0.25) is 0 Å². The molecule has 2 aromatic heterocycles. The van der Waals surface area contributed by atoms with E-state index in [9.17, 15) is 0 Å². The average Bonchev–Trinajstić information content (AvgIpc) is 3.63. The second kappa shape index (κ2) is 25.0. The van der Waals surface area contributed by atoms with Crippen molar-refractivity contribution in [2.75, 3.05) is 0 Å². The van der Waals surface area contributed by atoms with Crippen molar-refractivity contribution < 1.29 is 0 Å². The van der Waals surface area contributed by atoms with Crippen molar-refractivity contribution in [2.45, 2.75) is 210 Å². The van der Waals surface area contributed by atoms with Crippen molar-refractivity contribution in [1.29, 1.82) is 0 Å². The van der Waals surface area contributed by atoms with Gasteiger partial charge in [-0.2, -0.15) is 0 Å². The molecule has 0 N–H and O–H groups in total. The summed E-state index contributed by atoms with van der Waals surface area (Å²) < 4.78 is 3.70. The Morgan fingerprint density at radius 3 is 0.848 bits per heavy atom. The fraction of sp³-hybridized carbons (Fsp3) is 0.810. The second-order valence-electron chi connectivity index (χ2n) is 16.7. The van der Waals surface area contributed by atoms with Crippen LogP contribution in [0.1, 0.15) is 179 Å². The molecule has 0 aromatic carbocycles.